The van der Waals surface area contributed by atoms with Gasteiger partial charge in [-0.1, -0.05) is 35.9 Å². The first-order chi connectivity index (χ1) is 13.7. The molecular formula is C23H23NO4. The quantitative estimate of drug-likeness (QED) is 0.559. The molecule has 144 valence electrons. The molecule has 0 saturated heterocycles. The second kappa shape index (κ2) is 10.0. The topological polar surface area (TPSA) is 56.8 Å². The Hall–Kier alpha value is -3.47. The first-order valence-electron chi connectivity index (χ1n) is 9.09. The maximum atomic E-state index is 12.0. The lowest BCUT2D eigenvalue weighted by Crippen LogP contribution is -2.20. The van der Waals surface area contributed by atoms with E-state index in [9.17, 15) is 4.79 Å². The molecule has 1 amide bonds. The van der Waals surface area contributed by atoms with E-state index >= 15 is 0 Å². The van der Waals surface area contributed by atoms with E-state index in [4.69, 9.17) is 14.2 Å². The van der Waals surface area contributed by atoms with Crippen molar-refractivity contribution in [3.8, 4) is 17.2 Å². The Morgan fingerprint density at radius 3 is 1.89 bits per heavy atom. The molecule has 0 atom stereocenters. The molecule has 3 aromatic carbocycles. The zero-order chi connectivity index (χ0) is 19.6. The van der Waals surface area contributed by atoms with Crippen molar-refractivity contribution in [3.05, 3.63) is 84.4 Å². The number of carbonyl (C=O) groups excluding carboxylic acids is 1. The van der Waals surface area contributed by atoms with Gasteiger partial charge in [-0.05, 0) is 55.5 Å². The average Bonchev–Trinajstić information content (AvgIpc) is 2.73. The van der Waals surface area contributed by atoms with Gasteiger partial charge in [-0.25, -0.2) is 0 Å². The SMILES string of the molecule is Cc1ccc(OCC(=O)Nc2ccc(OCCOc3ccccc3)cc2)cc1. The molecule has 3 aromatic rings. The van der Waals surface area contributed by atoms with Gasteiger partial charge in [0, 0.05) is 5.69 Å². The van der Waals surface area contributed by atoms with Crippen LogP contribution in [0.25, 0.3) is 0 Å². The van der Waals surface area contributed by atoms with Crippen LogP contribution in [0.5, 0.6) is 17.2 Å². The second-order valence-electron chi connectivity index (χ2n) is 6.18. The van der Waals surface area contributed by atoms with E-state index in [1.165, 1.54) is 0 Å². The summed E-state index contributed by atoms with van der Waals surface area (Å²) in [7, 11) is 0. The number of benzene rings is 3. The van der Waals surface area contributed by atoms with Gasteiger partial charge in [0.2, 0.25) is 0 Å². The molecule has 5 nitrogen and oxygen atoms in total. The van der Waals surface area contributed by atoms with Crippen LogP contribution in [-0.4, -0.2) is 25.7 Å². The Morgan fingerprint density at radius 2 is 1.25 bits per heavy atom. The lowest BCUT2D eigenvalue weighted by Gasteiger charge is -2.10. The summed E-state index contributed by atoms with van der Waals surface area (Å²) >= 11 is 0. The van der Waals surface area contributed by atoms with Gasteiger partial charge >= 0.3 is 0 Å². The molecule has 0 aromatic heterocycles. The number of amides is 1. The Kier molecular flexibility index (Phi) is 6.90. The van der Waals surface area contributed by atoms with Gasteiger partial charge in [-0.2, -0.15) is 0 Å². The van der Waals surface area contributed by atoms with Crippen molar-refractivity contribution in [1.82, 2.24) is 0 Å². The van der Waals surface area contributed by atoms with Gasteiger partial charge < -0.3 is 19.5 Å². The van der Waals surface area contributed by atoms with Crippen molar-refractivity contribution in [2.24, 2.45) is 0 Å². The summed E-state index contributed by atoms with van der Waals surface area (Å²) in [6.07, 6.45) is 0. The highest BCUT2D eigenvalue weighted by atomic mass is 16.5. The van der Waals surface area contributed by atoms with E-state index in [2.05, 4.69) is 5.32 Å². The normalized spacial score (nSPS) is 10.2. The van der Waals surface area contributed by atoms with Gasteiger partial charge in [-0.15, -0.1) is 0 Å². The zero-order valence-corrected chi connectivity index (χ0v) is 15.8. The third-order valence-electron chi connectivity index (χ3n) is 3.89. The predicted molar refractivity (Wildman–Crippen MR) is 109 cm³/mol. The number of ether oxygens (including phenoxy) is 3. The van der Waals surface area contributed by atoms with Crippen LogP contribution in [0.3, 0.4) is 0 Å². The molecule has 0 heterocycles. The van der Waals surface area contributed by atoms with E-state index in [0.29, 0.717) is 30.4 Å². The first-order valence-corrected chi connectivity index (χ1v) is 9.09. The monoisotopic (exact) mass is 377 g/mol. The van der Waals surface area contributed by atoms with Crippen LogP contribution >= 0.6 is 0 Å². The number of rotatable bonds is 9. The highest BCUT2D eigenvalue weighted by Crippen LogP contribution is 2.16. The number of anilines is 1. The minimum atomic E-state index is -0.217. The lowest BCUT2D eigenvalue weighted by molar-refractivity contribution is -0.118. The average molecular weight is 377 g/mol. The third-order valence-corrected chi connectivity index (χ3v) is 3.89. The van der Waals surface area contributed by atoms with Crippen molar-refractivity contribution in [1.29, 1.82) is 0 Å². The lowest BCUT2D eigenvalue weighted by atomic mass is 10.2. The molecule has 3 rings (SSSR count). The Balaban J connectivity index is 1.37. The third kappa shape index (κ3) is 6.36. The van der Waals surface area contributed by atoms with Crippen LogP contribution in [0.1, 0.15) is 5.56 Å². The van der Waals surface area contributed by atoms with Crippen molar-refractivity contribution < 1.29 is 19.0 Å². The molecule has 0 aliphatic heterocycles. The Labute approximate surface area is 164 Å². The smallest absolute Gasteiger partial charge is 0.262 e. The molecule has 5 heteroatoms. The van der Waals surface area contributed by atoms with E-state index in [1.54, 1.807) is 24.3 Å². The van der Waals surface area contributed by atoms with Gasteiger partial charge in [0.25, 0.3) is 5.91 Å². The van der Waals surface area contributed by atoms with Crippen LogP contribution in [0.2, 0.25) is 0 Å². The predicted octanol–water partition coefficient (Wildman–Crippen LogP) is 4.47. The highest BCUT2D eigenvalue weighted by molar-refractivity contribution is 5.91. The second-order valence-corrected chi connectivity index (χ2v) is 6.18. The van der Waals surface area contributed by atoms with E-state index < -0.39 is 0 Å². The summed E-state index contributed by atoms with van der Waals surface area (Å²) in [5.41, 5.74) is 1.83. The highest BCUT2D eigenvalue weighted by Gasteiger charge is 2.04. The Morgan fingerprint density at radius 1 is 0.714 bits per heavy atom. The maximum absolute atomic E-state index is 12.0. The van der Waals surface area contributed by atoms with Crippen LogP contribution in [0.15, 0.2) is 78.9 Å². The fourth-order valence-corrected chi connectivity index (χ4v) is 2.45. The van der Waals surface area contributed by atoms with Gasteiger partial charge in [-0.3, -0.25) is 4.79 Å². The summed E-state index contributed by atoms with van der Waals surface area (Å²) in [6, 6.07) is 24.4. The fraction of sp³-hybridized carbons (Fsp3) is 0.174. The maximum Gasteiger partial charge on any atom is 0.262 e. The van der Waals surface area contributed by atoms with E-state index in [-0.39, 0.29) is 12.5 Å². The largest absolute Gasteiger partial charge is 0.490 e. The van der Waals surface area contributed by atoms with Gasteiger partial charge in [0.15, 0.2) is 6.61 Å². The number of nitrogens with one attached hydrogen (secondary N) is 1. The molecule has 0 spiro atoms. The number of aryl methyl sites for hydroxylation is 1. The van der Waals surface area contributed by atoms with Crippen molar-refractivity contribution in [2.75, 3.05) is 25.1 Å². The molecule has 0 saturated carbocycles. The molecular weight excluding hydrogens is 354 g/mol. The zero-order valence-electron chi connectivity index (χ0n) is 15.8. The summed E-state index contributed by atoms with van der Waals surface area (Å²) in [6.45, 7) is 2.85. The number of para-hydroxylation sites is 1. The van der Waals surface area contributed by atoms with Gasteiger partial charge in [0.05, 0.1) is 0 Å². The molecule has 0 unspecified atom stereocenters. The number of carbonyl (C=O) groups is 1. The van der Waals surface area contributed by atoms with Crippen molar-refractivity contribution in [3.63, 3.8) is 0 Å². The van der Waals surface area contributed by atoms with Crippen molar-refractivity contribution in [2.45, 2.75) is 6.92 Å². The summed E-state index contributed by atoms with van der Waals surface area (Å²) in [5.74, 6) is 1.98. The van der Waals surface area contributed by atoms with Crippen LogP contribution < -0.4 is 19.5 Å². The van der Waals surface area contributed by atoms with Crippen molar-refractivity contribution >= 4 is 11.6 Å². The fourth-order valence-electron chi connectivity index (χ4n) is 2.45. The number of hydrogen-bond acceptors (Lipinski definition) is 4. The minimum absolute atomic E-state index is 0.0435. The molecule has 0 fully saturated rings. The van der Waals surface area contributed by atoms with E-state index in [0.717, 1.165) is 11.3 Å². The van der Waals surface area contributed by atoms with Crippen LogP contribution in [-0.2, 0) is 4.79 Å². The van der Waals surface area contributed by atoms with Crippen LogP contribution in [0.4, 0.5) is 5.69 Å². The Bertz CT molecular complexity index is 861. The standard InChI is InChI=1S/C23H23NO4/c1-18-7-11-22(12-8-18)28-17-23(25)24-19-9-13-21(14-10-19)27-16-15-26-20-5-3-2-4-6-20/h2-14H,15-17H2,1H3,(H,24,25). The first kappa shape index (κ1) is 19.3. The molecule has 0 radical (unpaired) electrons. The molecule has 0 aliphatic carbocycles. The number of hydrogen-bond donors (Lipinski definition) is 1. The summed E-state index contributed by atoms with van der Waals surface area (Å²) < 4.78 is 16.7. The molecule has 28 heavy (non-hydrogen) atoms. The summed E-state index contributed by atoms with van der Waals surface area (Å²) in [5, 5.41) is 2.80. The summed E-state index contributed by atoms with van der Waals surface area (Å²) in [4.78, 5) is 12.0. The molecule has 0 aliphatic rings. The molecule has 1 N–H and O–H groups in total. The van der Waals surface area contributed by atoms with Crippen LogP contribution in [0, 0.1) is 6.92 Å². The van der Waals surface area contributed by atoms with E-state index in [1.807, 2.05) is 61.5 Å². The molecule has 0 bridgehead atoms. The van der Waals surface area contributed by atoms with Gasteiger partial charge in [0.1, 0.15) is 30.5 Å². The minimum Gasteiger partial charge on any atom is -0.490 e.